The van der Waals surface area contributed by atoms with Crippen LogP contribution in [0.25, 0.3) is 10.9 Å². The van der Waals surface area contributed by atoms with E-state index in [0.717, 1.165) is 42.9 Å². The molecule has 1 aromatic carbocycles. The number of anilines is 1. The molecular weight excluding hydrogens is 378 g/mol. The number of hydrogen-bond acceptors (Lipinski definition) is 4. The Kier molecular flexibility index (Phi) is 5.33. The lowest BCUT2D eigenvalue weighted by atomic mass is 9.87. The Morgan fingerprint density at radius 1 is 1.17 bits per heavy atom. The van der Waals surface area contributed by atoms with Crippen LogP contribution in [0.2, 0.25) is 0 Å². The first kappa shape index (κ1) is 19.2. The van der Waals surface area contributed by atoms with Crippen molar-refractivity contribution in [3.05, 3.63) is 54.0 Å². The second kappa shape index (κ2) is 8.06. The van der Waals surface area contributed by atoms with Gasteiger partial charge in [-0.15, -0.1) is 0 Å². The monoisotopic (exact) mass is 398 g/mol. The first-order valence-corrected chi connectivity index (χ1v) is 9.54. The van der Waals surface area contributed by atoms with Gasteiger partial charge in [-0.3, -0.25) is 9.48 Å². The zero-order chi connectivity index (χ0) is 20.4. The Balaban J connectivity index is 1.50. The van der Waals surface area contributed by atoms with Gasteiger partial charge in [0.25, 0.3) is 12.3 Å². The summed E-state index contributed by atoms with van der Waals surface area (Å²) in [5, 5.41) is 8.18. The highest BCUT2D eigenvalue weighted by atomic mass is 19.3. The minimum Gasteiger partial charge on any atom is -0.321 e. The highest BCUT2D eigenvalue weighted by molar-refractivity contribution is 6.03. The fraction of sp³-hybridized carbons (Fsp3) is 0.333. The number of benzene rings is 1. The normalized spacial score (nSPS) is 19.4. The average molecular weight is 398 g/mol. The summed E-state index contributed by atoms with van der Waals surface area (Å²) in [5.74, 6) is -0.401. The van der Waals surface area contributed by atoms with Crippen LogP contribution in [0, 0.1) is 5.92 Å². The molecule has 0 atom stereocenters. The van der Waals surface area contributed by atoms with Crippen molar-refractivity contribution in [2.45, 2.75) is 38.2 Å². The number of amides is 1. The third kappa shape index (κ3) is 4.16. The van der Waals surface area contributed by atoms with Crippen molar-refractivity contribution >= 4 is 28.8 Å². The second-order valence-corrected chi connectivity index (χ2v) is 7.29. The number of fused-ring (bicyclic) bond motifs is 1. The highest BCUT2D eigenvalue weighted by Gasteiger charge is 2.22. The molecule has 4 rings (SSSR count). The quantitative estimate of drug-likeness (QED) is 0.640. The molecule has 150 valence electrons. The van der Waals surface area contributed by atoms with Gasteiger partial charge in [-0.05, 0) is 56.0 Å². The van der Waals surface area contributed by atoms with Crippen molar-refractivity contribution in [3.8, 4) is 0 Å². The molecule has 0 bridgehead atoms. The molecule has 1 aliphatic rings. The molecule has 3 aromatic rings. The summed E-state index contributed by atoms with van der Waals surface area (Å²) in [4.78, 5) is 27.0. The first-order chi connectivity index (χ1) is 14.0. The van der Waals surface area contributed by atoms with E-state index >= 15 is 0 Å². The molecule has 1 N–H and O–H groups in total. The van der Waals surface area contributed by atoms with E-state index in [-0.39, 0.29) is 17.7 Å². The van der Waals surface area contributed by atoms with Gasteiger partial charge in [0.1, 0.15) is 17.7 Å². The van der Waals surface area contributed by atoms with Crippen LogP contribution in [0.4, 0.5) is 14.5 Å². The van der Waals surface area contributed by atoms with Crippen LogP contribution >= 0.6 is 0 Å². The van der Waals surface area contributed by atoms with Gasteiger partial charge in [-0.25, -0.2) is 13.8 Å². The number of halogens is 2. The zero-order valence-electron chi connectivity index (χ0n) is 15.6. The van der Waals surface area contributed by atoms with E-state index in [1.54, 1.807) is 12.1 Å². The van der Waals surface area contributed by atoms with E-state index in [1.807, 2.05) is 16.9 Å². The standard InChI is InChI=1S/C21H20F2N4O2/c22-20(23)18-2-1-3-19(25-18)21(29)24-15-6-9-17-14(10-15)11-27(26-17)16-7-4-13(12-28)5-8-16/h1-3,6,9-13,16,20H,4-5,7-8H2,(H,24,29). The fourth-order valence-electron chi connectivity index (χ4n) is 3.71. The fourth-order valence-corrected chi connectivity index (χ4v) is 3.71. The lowest BCUT2D eigenvalue weighted by Gasteiger charge is -2.25. The van der Waals surface area contributed by atoms with Crippen molar-refractivity contribution in [2.24, 2.45) is 5.92 Å². The van der Waals surface area contributed by atoms with Crippen LogP contribution < -0.4 is 5.32 Å². The summed E-state index contributed by atoms with van der Waals surface area (Å²) in [5.41, 5.74) is 0.846. The van der Waals surface area contributed by atoms with Gasteiger partial charge in [0.15, 0.2) is 0 Å². The van der Waals surface area contributed by atoms with E-state index in [0.29, 0.717) is 5.69 Å². The van der Waals surface area contributed by atoms with E-state index in [4.69, 9.17) is 0 Å². The molecule has 29 heavy (non-hydrogen) atoms. The van der Waals surface area contributed by atoms with Crippen LogP contribution in [0.15, 0.2) is 42.6 Å². The molecular formula is C21H20F2N4O2. The van der Waals surface area contributed by atoms with Crippen LogP contribution in [0.3, 0.4) is 0 Å². The Labute approximate surface area is 165 Å². The number of carbonyl (C=O) groups is 2. The number of alkyl halides is 2. The zero-order valence-corrected chi connectivity index (χ0v) is 15.6. The Morgan fingerprint density at radius 3 is 2.69 bits per heavy atom. The number of hydrogen-bond donors (Lipinski definition) is 1. The van der Waals surface area contributed by atoms with Crippen molar-refractivity contribution in [2.75, 3.05) is 5.32 Å². The lowest BCUT2D eigenvalue weighted by Crippen LogP contribution is -2.19. The highest BCUT2D eigenvalue weighted by Crippen LogP contribution is 2.32. The van der Waals surface area contributed by atoms with Gasteiger partial charge in [0, 0.05) is 23.2 Å². The van der Waals surface area contributed by atoms with E-state index in [9.17, 15) is 18.4 Å². The SMILES string of the molecule is O=CC1CCC(n2cc3cc(NC(=O)c4cccc(C(F)F)n4)ccc3n2)CC1. The predicted molar refractivity (Wildman–Crippen MR) is 104 cm³/mol. The molecule has 2 aromatic heterocycles. The second-order valence-electron chi connectivity index (χ2n) is 7.29. The number of nitrogens with zero attached hydrogens (tertiary/aromatic N) is 3. The maximum atomic E-state index is 12.8. The summed E-state index contributed by atoms with van der Waals surface area (Å²) < 4.78 is 27.5. The minimum absolute atomic E-state index is 0.0643. The first-order valence-electron chi connectivity index (χ1n) is 9.54. The molecule has 1 fully saturated rings. The molecule has 0 spiro atoms. The summed E-state index contributed by atoms with van der Waals surface area (Å²) in [6.07, 6.45) is 3.81. The van der Waals surface area contributed by atoms with Gasteiger partial charge in [0.05, 0.1) is 11.6 Å². The minimum atomic E-state index is -2.73. The van der Waals surface area contributed by atoms with Crippen molar-refractivity contribution in [1.82, 2.24) is 14.8 Å². The Bertz CT molecular complexity index is 1040. The van der Waals surface area contributed by atoms with Crippen LogP contribution in [0.1, 0.15) is 54.3 Å². The van der Waals surface area contributed by atoms with Crippen LogP contribution in [-0.4, -0.2) is 27.0 Å². The summed E-state index contributed by atoms with van der Waals surface area (Å²) >= 11 is 0. The molecule has 8 heteroatoms. The third-order valence-corrected chi connectivity index (χ3v) is 5.31. The van der Waals surface area contributed by atoms with E-state index in [1.165, 1.54) is 18.2 Å². The van der Waals surface area contributed by atoms with E-state index < -0.39 is 18.0 Å². The van der Waals surface area contributed by atoms with Gasteiger partial charge in [0.2, 0.25) is 0 Å². The third-order valence-electron chi connectivity index (χ3n) is 5.31. The van der Waals surface area contributed by atoms with Crippen molar-refractivity contribution in [1.29, 1.82) is 0 Å². The summed E-state index contributed by atoms with van der Waals surface area (Å²) in [6, 6.07) is 9.55. The number of rotatable bonds is 5. The summed E-state index contributed by atoms with van der Waals surface area (Å²) in [7, 11) is 0. The van der Waals surface area contributed by atoms with Gasteiger partial charge >= 0.3 is 0 Å². The Morgan fingerprint density at radius 2 is 1.97 bits per heavy atom. The summed E-state index contributed by atoms with van der Waals surface area (Å²) in [6.45, 7) is 0. The van der Waals surface area contributed by atoms with Crippen molar-refractivity contribution < 1.29 is 18.4 Å². The molecule has 6 nitrogen and oxygen atoms in total. The smallest absolute Gasteiger partial charge is 0.280 e. The van der Waals surface area contributed by atoms with Crippen LogP contribution in [0.5, 0.6) is 0 Å². The average Bonchev–Trinajstić information content (AvgIpc) is 3.17. The molecule has 0 aliphatic heterocycles. The van der Waals surface area contributed by atoms with Gasteiger partial charge in [-0.1, -0.05) is 6.07 Å². The Hall–Kier alpha value is -3.16. The molecule has 1 amide bonds. The largest absolute Gasteiger partial charge is 0.321 e. The number of aromatic nitrogens is 3. The van der Waals surface area contributed by atoms with E-state index in [2.05, 4.69) is 15.4 Å². The topological polar surface area (TPSA) is 76.9 Å². The maximum absolute atomic E-state index is 12.8. The molecule has 0 radical (unpaired) electrons. The number of aldehydes is 1. The van der Waals surface area contributed by atoms with Crippen molar-refractivity contribution in [3.63, 3.8) is 0 Å². The van der Waals surface area contributed by atoms with Crippen LogP contribution in [-0.2, 0) is 4.79 Å². The molecule has 0 saturated heterocycles. The maximum Gasteiger partial charge on any atom is 0.280 e. The number of nitrogens with one attached hydrogen (secondary N) is 1. The number of carbonyl (C=O) groups excluding carboxylic acids is 2. The molecule has 1 saturated carbocycles. The molecule has 0 unspecified atom stereocenters. The number of pyridine rings is 1. The molecule has 1 aliphatic carbocycles. The predicted octanol–water partition coefficient (Wildman–Crippen LogP) is 4.55. The van der Waals surface area contributed by atoms with Gasteiger partial charge < -0.3 is 10.1 Å². The lowest BCUT2D eigenvalue weighted by molar-refractivity contribution is -0.112. The van der Waals surface area contributed by atoms with Gasteiger partial charge in [-0.2, -0.15) is 5.10 Å². The molecule has 2 heterocycles.